The van der Waals surface area contributed by atoms with Crippen molar-refractivity contribution in [3.05, 3.63) is 11.1 Å². The lowest BCUT2D eigenvalue weighted by Crippen LogP contribution is -2.49. The molecular weight excluding hydrogens is 184 g/mol. The van der Waals surface area contributed by atoms with Crippen molar-refractivity contribution in [1.82, 2.24) is 0 Å². The van der Waals surface area contributed by atoms with Gasteiger partial charge in [0, 0.05) is 11.8 Å². The van der Waals surface area contributed by atoms with Gasteiger partial charge in [-0.15, -0.1) is 0 Å². The molecule has 84 valence electrons. The summed E-state index contributed by atoms with van der Waals surface area (Å²) in [4.78, 5) is 0. The normalized spacial score (nSPS) is 47.2. The Labute approximate surface area is 92.6 Å². The Morgan fingerprint density at radius 3 is 2.60 bits per heavy atom. The van der Waals surface area contributed by atoms with Crippen molar-refractivity contribution in [2.45, 2.75) is 58.5 Å². The van der Waals surface area contributed by atoms with Crippen LogP contribution in [0.15, 0.2) is 11.1 Å². The van der Waals surface area contributed by atoms with Gasteiger partial charge < -0.3 is 5.11 Å². The van der Waals surface area contributed by atoms with Crippen LogP contribution in [0.4, 0.5) is 0 Å². The molecule has 0 aromatic carbocycles. The first-order valence-electron chi connectivity index (χ1n) is 6.40. The Morgan fingerprint density at radius 2 is 1.87 bits per heavy atom. The molecule has 4 bridgehead atoms. The highest BCUT2D eigenvalue weighted by Gasteiger charge is 2.63. The van der Waals surface area contributed by atoms with Gasteiger partial charge in [-0.25, -0.2) is 0 Å². The first-order chi connectivity index (χ1) is 6.98. The molecule has 0 aromatic heterocycles. The second kappa shape index (κ2) is 2.68. The molecule has 2 fully saturated rings. The zero-order chi connectivity index (χ0) is 10.8. The van der Waals surface area contributed by atoms with Crippen LogP contribution in [0.3, 0.4) is 0 Å². The van der Waals surface area contributed by atoms with E-state index in [9.17, 15) is 5.11 Å². The third-order valence-corrected chi connectivity index (χ3v) is 5.59. The van der Waals surface area contributed by atoms with Gasteiger partial charge in [0.25, 0.3) is 0 Å². The summed E-state index contributed by atoms with van der Waals surface area (Å²) in [6.45, 7) is 6.82. The zero-order valence-corrected chi connectivity index (χ0v) is 10.1. The van der Waals surface area contributed by atoms with Crippen molar-refractivity contribution < 1.29 is 5.11 Å². The molecule has 1 nitrogen and oxygen atoms in total. The third-order valence-electron chi connectivity index (χ3n) is 5.59. The average Bonchev–Trinajstić information content (AvgIpc) is 2.56. The summed E-state index contributed by atoms with van der Waals surface area (Å²) in [6, 6.07) is 0. The summed E-state index contributed by atoms with van der Waals surface area (Å²) < 4.78 is 0. The Bertz CT molecular complexity index is 339. The second-order valence-electron chi connectivity index (χ2n) is 6.45. The molecule has 0 aliphatic heterocycles. The molecule has 0 saturated heterocycles. The maximum absolute atomic E-state index is 11.2. The van der Waals surface area contributed by atoms with Crippen molar-refractivity contribution in [3.63, 3.8) is 0 Å². The van der Waals surface area contributed by atoms with Crippen LogP contribution in [-0.2, 0) is 0 Å². The Balaban J connectivity index is 2.16. The summed E-state index contributed by atoms with van der Waals surface area (Å²) in [7, 11) is 0. The predicted octanol–water partition coefficient (Wildman–Crippen LogP) is 3.28. The maximum Gasteiger partial charge on any atom is 0.0828 e. The molecule has 3 aliphatic rings. The molecule has 3 aliphatic carbocycles. The summed E-state index contributed by atoms with van der Waals surface area (Å²) in [5.41, 5.74) is 2.88. The van der Waals surface area contributed by atoms with Gasteiger partial charge >= 0.3 is 0 Å². The highest BCUT2D eigenvalue weighted by Crippen LogP contribution is 2.65. The highest BCUT2D eigenvalue weighted by molar-refractivity contribution is 5.38. The van der Waals surface area contributed by atoms with Crippen LogP contribution in [-0.4, -0.2) is 10.7 Å². The highest BCUT2D eigenvalue weighted by atomic mass is 16.3. The number of aliphatic hydroxyl groups is 1. The molecule has 0 aromatic rings. The summed E-state index contributed by atoms with van der Waals surface area (Å²) in [6.07, 6.45) is 6.16. The molecule has 1 N–H and O–H groups in total. The van der Waals surface area contributed by atoms with E-state index in [1.54, 1.807) is 11.1 Å². The molecule has 0 radical (unpaired) electrons. The van der Waals surface area contributed by atoms with Crippen molar-refractivity contribution in [1.29, 1.82) is 0 Å². The van der Waals surface area contributed by atoms with Gasteiger partial charge in [0.1, 0.15) is 0 Å². The fourth-order valence-corrected chi connectivity index (χ4v) is 4.74. The van der Waals surface area contributed by atoms with Crippen LogP contribution in [0.2, 0.25) is 0 Å². The fourth-order valence-electron chi connectivity index (χ4n) is 4.74. The van der Waals surface area contributed by atoms with E-state index in [1.165, 1.54) is 32.1 Å². The number of rotatable bonds is 0. The molecule has 1 heteroatoms. The molecule has 3 unspecified atom stereocenters. The SMILES string of the molecule is CC1=C2CCCC(C)(C)C3(O)C1CCC23. The molecule has 0 spiro atoms. The average molecular weight is 206 g/mol. The van der Waals surface area contributed by atoms with Crippen molar-refractivity contribution in [2.24, 2.45) is 17.3 Å². The van der Waals surface area contributed by atoms with Crippen LogP contribution >= 0.6 is 0 Å². The van der Waals surface area contributed by atoms with Gasteiger partial charge in [-0.1, -0.05) is 25.0 Å². The standard InChI is InChI=1S/C14H22O/c1-9-10-5-4-8-13(2,3)14(15)11(9)6-7-12(10)14/h11-12,15H,4-8H2,1-3H3. The minimum atomic E-state index is -0.400. The van der Waals surface area contributed by atoms with Gasteiger partial charge in [-0.3, -0.25) is 0 Å². The number of hydrogen-bond donors (Lipinski definition) is 1. The first-order valence-corrected chi connectivity index (χ1v) is 6.40. The lowest BCUT2D eigenvalue weighted by Gasteiger charge is -2.44. The molecule has 15 heavy (non-hydrogen) atoms. The largest absolute Gasteiger partial charge is 0.388 e. The smallest absolute Gasteiger partial charge is 0.0828 e. The van der Waals surface area contributed by atoms with Crippen LogP contribution in [0.25, 0.3) is 0 Å². The van der Waals surface area contributed by atoms with Crippen LogP contribution in [0.1, 0.15) is 52.9 Å². The minimum absolute atomic E-state index is 0.109. The van der Waals surface area contributed by atoms with E-state index < -0.39 is 5.60 Å². The summed E-state index contributed by atoms with van der Waals surface area (Å²) in [5, 5.41) is 11.2. The second-order valence-corrected chi connectivity index (χ2v) is 6.45. The van der Waals surface area contributed by atoms with Gasteiger partial charge in [0.15, 0.2) is 0 Å². The molecular formula is C14H22O. The molecule has 3 atom stereocenters. The monoisotopic (exact) mass is 206 g/mol. The minimum Gasteiger partial charge on any atom is -0.388 e. The Morgan fingerprint density at radius 1 is 1.20 bits per heavy atom. The van der Waals surface area contributed by atoms with Crippen LogP contribution in [0.5, 0.6) is 0 Å². The molecule has 0 heterocycles. The van der Waals surface area contributed by atoms with Crippen molar-refractivity contribution >= 4 is 0 Å². The topological polar surface area (TPSA) is 20.2 Å². The lowest BCUT2D eigenvalue weighted by molar-refractivity contribution is -0.101. The van der Waals surface area contributed by atoms with E-state index in [4.69, 9.17) is 0 Å². The quantitative estimate of drug-likeness (QED) is 0.603. The lowest BCUT2D eigenvalue weighted by atomic mass is 9.66. The third kappa shape index (κ3) is 0.939. The van der Waals surface area contributed by atoms with Crippen molar-refractivity contribution in [3.8, 4) is 0 Å². The van der Waals surface area contributed by atoms with Gasteiger partial charge in [-0.05, 0) is 44.4 Å². The number of hydrogen-bond acceptors (Lipinski definition) is 1. The summed E-state index contributed by atoms with van der Waals surface area (Å²) >= 11 is 0. The summed E-state index contributed by atoms with van der Waals surface area (Å²) in [5.74, 6) is 0.979. The van der Waals surface area contributed by atoms with E-state index >= 15 is 0 Å². The van der Waals surface area contributed by atoms with E-state index in [2.05, 4.69) is 20.8 Å². The predicted molar refractivity (Wildman–Crippen MR) is 61.5 cm³/mol. The molecule has 2 saturated carbocycles. The van der Waals surface area contributed by atoms with Gasteiger partial charge in [0.2, 0.25) is 0 Å². The van der Waals surface area contributed by atoms with Crippen LogP contribution < -0.4 is 0 Å². The maximum atomic E-state index is 11.2. The Kier molecular flexibility index (Phi) is 1.77. The first kappa shape index (κ1) is 9.89. The van der Waals surface area contributed by atoms with Crippen molar-refractivity contribution in [2.75, 3.05) is 0 Å². The van der Waals surface area contributed by atoms with Gasteiger partial charge in [0.05, 0.1) is 5.60 Å². The zero-order valence-electron chi connectivity index (χ0n) is 10.1. The Hall–Kier alpha value is -0.300. The van der Waals surface area contributed by atoms with E-state index in [1.807, 2.05) is 0 Å². The molecule has 0 amide bonds. The van der Waals surface area contributed by atoms with Gasteiger partial charge in [-0.2, -0.15) is 0 Å². The van der Waals surface area contributed by atoms with E-state index in [0.717, 1.165) is 0 Å². The van der Waals surface area contributed by atoms with E-state index in [-0.39, 0.29) is 5.41 Å². The fraction of sp³-hybridized carbons (Fsp3) is 0.857. The van der Waals surface area contributed by atoms with Crippen LogP contribution in [0, 0.1) is 17.3 Å². The molecule has 3 rings (SSSR count). The van der Waals surface area contributed by atoms with E-state index in [0.29, 0.717) is 11.8 Å².